The summed E-state index contributed by atoms with van der Waals surface area (Å²) in [6.07, 6.45) is 6.05. The van der Waals surface area contributed by atoms with Crippen LogP contribution in [-0.2, 0) is 6.54 Å². The number of nitrogens with zero attached hydrogens (tertiary/aromatic N) is 2. The van der Waals surface area contributed by atoms with Crippen molar-refractivity contribution in [1.29, 1.82) is 0 Å². The lowest BCUT2D eigenvalue weighted by Crippen LogP contribution is -2.13. The standard InChI is InChI=1S/C10H19N3O/c1-3-4-9(2)12-10-7-11-13(8-10)5-6-14/h7-9,12,14H,3-6H2,1-2H3. The Morgan fingerprint density at radius 1 is 1.64 bits per heavy atom. The molecule has 14 heavy (non-hydrogen) atoms. The van der Waals surface area contributed by atoms with Crippen molar-refractivity contribution in [2.24, 2.45) is 0 Å². The molecule has 1 unspecified atom stereocenters. The summed E-state index contributed by atoms with van der Waals surface area (Å²) in [7, 11) is 0. The fourth-order valence-electron chi connectivity index (χ4n) is 1.45. The molecule has 0 saturated heterocycles. The van der Waals surface area contributed by atoms with E-state index in [4.69, 9.17) is 5.11 Å². The van der Waals surface area contributed by atoms with Crippen LogP contribution in [-0.4, -0.2) is 27.5 Å². The van der Waals surface area contributed by atoms with E-state index in [1.807, 2.05) is 6.20 Å². The number of anilines is 1. The summed E-state index contributed by atoms with van der Waals surface area (Å²) >= 11 is 0. The summed E-state index contributed by atoms with van der Waals surface area (Å²) < 4.78 is 1.74. The van der Waals surface area contributed by atoms with E-state index in [0.29, 0.717) is 12.6 Å². The van der Waals surface area contributed by atoms with Gasteiger partial charge in [0, 0.05) is 12.2 Å². The van der Waals surface area contributed by atoms with Crippen LogP contribution in [0.15, 0.2) is 12.4 Å². The van der Waals surface area contributed by atoms with Gasteiger partial charge in [-0.25, -0.2) is 0 Å². The minimum absolute atomic E-state index is 0.131. The number of aliphatic hydroxyl groups excluding tert-OH is 1. The van der Waals surface area contributed by atoms with Gasteiger partial charge in [0.1, 0.15) is 0 Å². The van der Waals surface area contributed by atoms with Gasteiger partial charge in [0.25, 0.3) is 0 Å². The van der Waals surface area contributed by atoms with Crippen molar-refractivity contribution >= 4 is 5.69 Å². The summed E-state index contributed by atoms with van der Waals surface area (Å²) in [6.45, 7) is 5.02. The second-order valence-corrected chi connectivity index (χ2v) is 3.55. The Balaban J connectivity index is 2.42. The van der Waals surface area contributed by atoms with Gasteiger partial charge in [0.2, 0.25) is 0 Å². The molecule has 0 aromatic carbocycles. The molecule has 4 heteroatoms. The average Bonchev–Trinajstić information content (AvgIpc) is 2.53. The van der Waals surface area contributed by atoms with E-state index in [2.05, 4.69) is 24.3 Å². The fourth-order valence-corrected chi connectivity index (χ4v) is 1.45. The van der Waals surface area contributed by atoms with E-state index < -0.39 is 0 Å². The Hall–Kier alpha value is -1.03. The molecule has 80 valence electrons. The summed E-state index contributed by atoms with van der Waals surface area (Å²) in [5.74, 6) is 0. The normalized spacial score (nSPS) is 12.8. The van der Waals surface area contributed by atoms with E-state index in [-0.39, 0.29) is 6.61 Å². The highest BCUT2D eigenvalue weighted by Gasteiger charge is 2.02. The van der Waals surface area contributed by atoms with E-state index in [9.17, 15) is 0 Å². The number of nitrogens with one attached hydrogen (secondary N) is 1. The van der Waals surface area contributed by atoms with Crippen LogP contribution in [0.4, 0.5) is 5.69 Å². The summed E-state index contributed by atoms with van der Waals surface area (Å²) in [5, 5.41) is 16.2. The van der Waals surface area contributed by atoms with Crippen molar-refractivity contribution in [2.75, 3.05) is 11.9 Å². The number of rotatable bonds is 6. The van der Waals surface area contributed by atoms with Crippen LogP contribution in [0.2, 0.25) is 0 Å². The molecule has 0 fully saturated rings. The Labute approximate surface area is 84.9 Å². The predicted octanol–water partition coefficient (Wildman–Crippen LogP) is 1.48. The molecule has 1 aromatic heterocycles. The van der Waals surface area contributed by atoms with Crippen molar-refractivity contribution in [3.8, 4) is 0 Å². The minimum Gasteiger partial charge on any atom is -0.394 e. The topological polar surface area (TPSA) is 50.1 Å². The van der Waals surface area contributed by atoms with Gasteiger partial charge in [0.05, 0.1) is 25.0 Å². The second kappa shape index (κ2) is 5.65. The SMILES string of the molecule is CCCC(C)Nc1cnn(CCO)c1. The molecule has 0 saturated carbocycles. The minimum atomic E-state index is 0.131. The van der Waals surface area contributed by atoms with E-state index in [1.165, 1.54) is 6.42 Å². The molecule has 1 heterocycles. The zero-order chi connectivity index (χ0) is 10.4. The smallest absolute Gasteiger partial charge is 0.0728 e. The van der Waals surface area contributed by atoms with Gasteiger partial charge in [-0.2, -0.15) is 5.10 Å². The highest BCUT2D eigenvalue weighted by molar-refractivity contribution is 5.38. The lowest BCUT2D eigenvalue weighted by atomic mass is 10.2. The Morgan fingerprint density at radius 3 is 3.07 bits per heavy atom. The molecule has 4 nitrogen and oxygen atoms in total. The Kier molecular flexibility index (Phi) is 4.46. The van der Waals surface area contributed by atoms with Crippen molar-refractivity contribution in [3.05, 3.63) is 12.4 Å². The average molecular weight is 197 g/mol. The molecule has 1 atom stereocenters. The lowest BCUT2D eigenvalue weighted by Gasteiger charge is -2.11. The molecule has 0 spiro atoms. The van der Waals surface area contributed by atoms with Crippen LogP contribution in [0.25, 0.3) is 0 Å². The van der Waals surface area contributed by atoms with Gasteiger partial charge in [-0.05, 0) is 13.3 Å². The molecule has 0 aliphatic carbocycles. The molecule has 1 rings (SSSR count). The third kappa shape index (κ3) is 3.38. The molecule has 0 amide bonds. The largest absolute Gasteiger partial charge is 0.394 e. The molecule has 0 bridgehead atoms. The van der Waals surface area contributed by atoms with Crippen LogP contribution < -0.4 is 5.32 Å². The number of aliphatic hydroxyl groups is 1. The number of aromatic nitrogens is 2. The predicted molar refractivity (Wildman–Crippen MR) is 57.3 cm³/mol. The van der Waals surface area contributed by atoms with Crippen LogP contribution >= 0.6 is 0 Å². The van der Waals surface area contributed by atoms with E-state index in [0.717, 1.165) is 12.1 Å². The molecule has 0 aliphatic rings. The third-order valence-electron chi connectivity index (χ3n) is 2.10. The maximum Gasteiger partial charge on any atom is 0.0728 e. The van der Waals surface area contributed by atoms with Crippen LogP contribution in [0.3, 0.4) is 0 Å². The van der Waals surface area contributed by atoms with E-state index in [1.54, 1.807) is 10.9 Å². The maximum absolute atomic E-state index is 8.71. The first-order valence-corrected chi connectivity index (χ1v) is 5.16. The zero-order valence-corrected chi connectivity index (χ0v) is 8.90. The van der Waals surface area contributed by atoms with Crippen molar-refractivity contribution in [3.63, 3.8) is 0 Å². The molecule has 1 aromatic rings. The first kappa shape index (κ1) is 11.0. The first-order valence-electron chi connectivity index (χ1n) is 5.16. The van der Waals surface area contributed by atoms with Crippen LogP contribution in [0.5, 0.6) is 0 Å². The number of hydrogen-bond donors (Lipinski definition) is 2. The summed E-state index contributed by atoms with van der Waals surface area (Å²) in [4.78, 5) is 0. The molecule has 0 aliphatic heterocycles. The Morgan fingerprint density at radius 2 is 2.43 bits per heavy atom. The highest BCUT2D eigenvalue weighted by atomic mass is 16.3. The quantitative estimate of drug-likeness (QED) is 0.726. The van der Waals surface area contributed by atoms with Gasteiger partial charge < -0.3 is 10.4 Å². The van der Waals surface area contributed by atoms with Gasteiger partial charge in [-0.3, -0.25) is 4.68 Å². The van der Waals surface area contributed by atoms with Crippen molar-refractivity contribution in [2.45, 2.75) is 39.3 Å². The molecular weight excluding hydrogens is 178 g/mol. The van der Waals surface area contributed by atoms with Gasteiger partial charge in [0.15, 0.2) is 0 Å². The maximum atomic E-state index is 8.71. The fraction of sp³-hybridized carbons (Fsp3) is 0.700. The van der Waals surface area contributed by atoms with Crippen LogP contribution in [0, 0.1) is 0 Å². The van der Waals surface area contributed by atoms with Gasteiger partial charge in [-0.15, -0.1) is 0 Å². The number of hydrogen-bond acceptors (Lipinski definition) is 3. The monoisotopic (exact) mass is 197 g/mol. The van der Waals surface area contributed by atoms with Crippen molar-refractivity contribution < 1.29 is 5.11 Å². The van der Waals surface area contributed by atoms with Crippen LogP contribution in [0.1, 0.15) is 26.7 Å². The molecule has 0 radical (unpaired) electrons. The summed E-state index contributed by atoms with van der Waals surface area (Å²) in [6, 6.07) is 0.478. The second-order valence-electron chi connectivity index (χ2n) is 3.55. The Bertz CT molecular complexity index is 260. The lowest BCUT2D eigenvalue weighted by molar-refractivity contribution is 0.269. The highest BCUT2D eigenvalue weighted by Crippen LogP contribution is 2.09. The van der Waals surface area contributed by atoms with Crippen molar-refractivity contribution in [1.82, 2.24) is 9.78 Å². The molecule has 2 N–H and O–H groups in total. The van der Waals surface area contributed by atoms with Gasteiger partial charge in [-0.1, -0.05) is 13.3 Å². The summed E-state index contributed by atoms with van der Waals surface area (Å²) in [5.41, 5.74) is 1.03. The molecular formula is C10H19N3O. The third-order valence-corrected chi connectivity index (χ3v) is 2.10. The van der Waals surface area contributed by atoms with E-state index >= 15 is 0 Å². The van der Waals surface area contributed by atoms with Gasteiger partial charge >= 0.3 is 0 Å². The first-order chi connectivity index (χ1) is 6.76. The zero-order valence-electron chi connectivity index (χ0n) is 8.90.